The van der Waals surface area contributed by atoms with Crippen LogP contribution >= 0.6 is 27.3 Å². The van der Waals surface area contributed by atoms with Crippen molar-refractivity contribution in [2.75, 3.05) is 12.4 Å². The second kappa shape index (κ2) is 7.14. The number of halogens is 1. The molecule has 2 heterocycles. The molecule has 0 saturated heterocycles. The van der Waals surface area contributed by atoms with E-state index in [0.717, 1.165) is 25.5 Å². The molecule has 0 atom stereocenters. The van der Waals surface area contributed by atoms with Crippen LogP contribution in [0.5, 0.6) is 5.75 Å². The van der Waals surface area contributed by atoms with Crippen LogP contribution in [0.25, 0.3) is 10.8 Å². The Morgan fingerprint density at radius 3 is 2.83 bits per heavy atom. The third kappa shape index (κ3) is 3.82. The fourth-order valence-electron chi connectivity index (χ4n) is 2.20. The maximum atomic E-state index is 12.1. The number of hydrogen-bond donors (Lipinski definition) is 1. The number of nitrogens with one attached hydrogen (secondary N) is 1. The third-order valence-electron chi connectivity index (χ3n) is 3.28. The summed E-state index contributed by atoms with van der Waals surface area (Å²) < 4.78 is 11.6. The van der Waals surface area contributed by atoms with Crippen molar-refractivity contribution in [1.82, 2.24) is 10.2 Å². The van der Waals surface area contributed by atoms with E-state index >= 15 is 0 Å². The number of nitrogens with zero attached hydrogens (tertiary/aromatic N) is 2. The van der Waals surface area contributed by atoms with Gasteiger partial charge in [-0.05, 0) is 52.2 Å². The normalized spacial score (nSPS) is 10.6. The van der Waals surface area contributed by atoms with Gasteiger partial charge in [-0.2, -0.15) is 0 Å². The summed E-state index contributed by atoms with van der Waals surface area (Å²) in [5.41, 5.74) is 1.86. The Labute approximate surface area is 151 Å². The molecule has 0 aliphatic rings. The number of anilines is 1. The topological polar surface area (TPSA) is 77.2 Å². The summed E-state index contributed by atoms with van der Waals surface area (Å²) in [4.78, 5) is 13.0. The number of ether oxygens (including phenoxy) is 1. The quantitative estimate of drug-likeness (QED) is 0.689. The van der Waals surface area contributed by atoms with E-state index < -0.39 is 0 Å². The Bertz CT molecular complexity index is 875. The van der Waals surface area contributed by atoms with E-state index in [2.05, 4.69) is 31.4 Å². The monoisotopic (exact) mass is 407 g/mol. The number of aryl methyl sites for hydroxylation is 1. The third-order valence-corrected chi connectivity index (χ3v) is 4.89. The Hall–Kier alpha value is -2.19. The summed E-state index contributed by atoms with van der Waals surface area (Å²) in [6, 6.07) is 9.47. The number of benzene rings is 1. The highest BCUT2D eigenvalue weighted by atomic mass is 79.9. The Balaban J connectivity index is 1.65. The molecule has 0 unspecified atom stereocenters. The lowest BCUT2D eigenvalue weighted by Gasteiger charge is -2.06. The van der Waals surface area contributed by atoms with E-state index in [1.165, 1.54) is 11.3 Å². The van der Waals surface area contributed by atoms with Crippen LogP contribution in [0.4, 0.5) is 6.01 Å². The average Bonchev–Trinajstić information content (AvgIpc) is 3.16. The fraction of sp³-hybridized carbons (Fsp3) is 0.188. The van der Waals surface area contributed by atoms with Crippen molar-refractivity contribution in [1.29, 1.82) is 0 Å². The molecule has 6 nitrogen and oxygen atoms in total. The van der Waals surface area contributed by atoms with Gasteiger partial charge in [0.25, 0.3) is 5.89 Å². The molecular formula is C16H14BrN3O3S. The van der Waals surface area contributed by atoms with Crippen molar-refractivity contribution in [3.8, 4) is 16.5 Å². The average molecular weight is 408 g/mol. The van der Waals surface area contributed by atoms with Crippen LogP contribution in [-0.4, -0.2) is 23.2 Å². The minimum atomic E-state index is -0.220. The van der Waals surface area contributed by atoms with Gasteiger partial charge in [-0.3, -0.25) is 10.1 Å². The Morgan fingerprint density at radius 2 is 2.17 bits per heavy atom. The van der Waals surface area contributed by atoms with Gasteiger partial charge in [0.15, 0.2) is 0 Å². The van der Waals surface area contributed by atoms with E-state index in [1.54, 1.807) is 7.11 Å². The summed E-state index contributed by atoms with van der Waals surface area (Å²) in [5.74, 6) is 0.950. The molecule has 0 radical (unpaired) electrons. The Kier molecular flexibility index (Phi) is 4.96. The van der Waals surface area contributed by atoms with Gasteiger partial charge in [0.2, 0.25) is 5.91 Å². The van der Waals surface area contributed by atoms with Crippen molar-refractivity contribution in [3.63, 3.8) is 0 Å². The summed E-state index contributed by atoms with van der Waals surface area (Å²) in [6.07, 6.45) is 0.215. The predicted molar refractivity (Wildman–Crippen MR) is 95.4 cm³/mol. The number of carbonyl (C=O) groups excluding carboxylic acids is 1. The molecule has 0 saturated carbocycles. The van der Waals surface area contributed by atoms with Crippen molar-refractivity contribution in [2.45, 2.75) is 13.3 Å². The highest BCUT2D eigenvalue weighted by Crippen LogP contribution is 2.31. The van der Waals surface area contributed by atoms with E-state index in [0.29, 0.717) is 5.89 Å². The minimum Gasteiger partial charge on any atom is -0.496 e. The van der Waals surface area contributed by atoms with Gasteiger partial charge in [0.05, 0.1) is 22.2 Å². The summed E-state index contributed by atoms with van der Waals surface area (Å²) in [5, 5.41) is 10.4. The molecule has 3 rings (SSSR count). The van der Waals surface area contributed by atoms with Gasteiger partial charge >= 0.3 is 6.01 Å². The lowest BCUT2D eigenvalue weighted by molar-refractivity contribution is -0.115. The van der Waals surface area contributed by atoms with Gasteiger partial charge < -0.3 is 9.15 Å². The number of methoxy groups -OCH3 is 1. The van der Waals surface area contributed by atoms with Crippen LogP contribution in [0, 0.1) is 6.92 Å². The standard InChI is InChI=1S/C16H14BrN3O3S/c1-9-7-10(3-4-11(9)22-2)8-14(21)18-16-20-19-15(23-16)12-5-6-13(17)24-12/h3-7H,8H2,1-2H3,(H,18,20,21). The molecule has 1 amide bonds. The number of amides is 1. The molecule has 1 N–H and O–H groups in total. The van der Waals surface area contributed by atoms with Gasteiger partial charge in [-0.1, -0.05) is 17.2 Å². The first-order chi connectivity index (χ1) is 11.5. The van der Waals surface area contributed by atoms with Gasteiger partial charge in [-0.25, -0.2) is 0 Å². The zero-order valence-corrected chi connectivity index (χ0v) is 15.4. The lowest BCUT2D eigenvalue weighted by Crippen LogP contribution is -2.14. The summed E-state index contributed by atoms with van der Waals surface area (Å²) in [7, 11) is 1.62. The first-order valence-electron chi connectivity index (χ1n) is 7.08. The summed E-state index contributed by atoms with van der Waals surface area (Å²) >= 11 is 4.86. The molecule has 3 aromatic rings. The number of rotatable bonds is 5. The van der Waals surface area contributed by atoms with Crippen LogP contribution in [0.2, 0.25) is 0 Å². The highest BCUT2D eigenvalue weighted by Gasteiger charge is 2.13. The van der Waals surface area contributed by atoms with E-state index in [1.807, 2.05) is 37.3 Å². The second-order valence-corrected chi connectivity index (χ2v) is 7.51. The zero-order chi connectivity index (χ0) is 17.1. The van der Waals surface area contributed by atoms with Crippen LogP contribution < -0.4 is 10.1 Å². The van der Waals surface area contributed by atoms with Crippen LogP contribution in [0.15, 0.2) is 38.5 Å². The van der Waals surface area contributed by atoms with Crippen molar-refractivity contribution in [3.05, 3.63) is 45.2 Å². The van der Waals surface area contributed by atoms with Crippen LogP contribution in [-0.2, 0) is 11.2 Å². The number of aromatic nitrogens is 2. The maximum absolute atomic E-state index is 12.1. The molecule has 0 spiro atoms. The first-order valence-corrected chi connectivity index (χ1v) is 8.68. The largest absolute Gasteiger partial charge is 0.496 e. The molecule has 2 aromatic heterocycles. The van der Waals surface area contributed by atoms with E-state index in [4.69, 9.17) is 9.15 Å². The first kappa shape index (κ1) is 16.7. The van der Waals surface area contributed by atoms with Gasteiger partial charge in [0, 0.05) is 0 Å². The molecule has 0 fully saturated rings. The van der Waals surface area contributed by atoms with Crippen LogP contribution in [0.3, 0.4) is 0 Å². The molecule has 0 aliphatic carbocycles. The molecule has 0 aliphatic heterocycles. The minimum absolute atomic E-state index is 0.0877. The molecule has 124 valence electrons. The van der Waals surface area contributed by atoms with Crippen molar-refractivity contribution in [2.24, 2.45) is 0 Å². The number of carbonyl (C=O) groups is 1. The van der Waals surface area contributed by atoms with E-state index in [9.17, 15) is 4.79 Å². The highest BCUT2D eigenvalue weighted by molar-refractivity contribution is 9.11. The summed E-state index contributed by atoms with van der Waals surface area (Å²) in [6.45, 7) is 1.93. The predicted octanol–water partition coefficient (Wildman–Crippen LogP) is 4.06. The molecule has 1 aromatic carbocycles. The second-order valence-electron chi connectivity index (χ2n) is 5.05. The fourth-order valence-corrected chi connectivity index (χ4v) is 3.51. The van der Waals surface area contributed by atoms with Crippen molar-refractivity contribution >= 4 is 39.2 Å². The lowest BCUT2D eigenvalue weighted by atomic mass is 10.1. The molecule has 24 heavy (non-hydrogen) atoms. The molecular weight excluding hydrogens is 394 g/mol. The number of thiophene rings is 1. The van der Waals surface area contributed by atoms with Gasteiger partial charge in [-0.15, -0.1) is 16.4 Å². The smallest absolute Gasteiger partial charge is 0.322 e. The molecule has 8 heteroatoms. The number of hydrogen-bond acceptors (Lipinski definition) is 6. The van der Waals surface area contributed by atoms with Crippen molar-refractivity contribution < 1.29 is 13.9 Å². The Morgan fingerprint density at radius 1 is 1.33 bits per heavy atom. The van der Waals surface area contributed by atoms with Gasteiger partial charge in [0.1, 0.15) is 5.75 Å². The molecule has 0 bridgehead atoms. The zero-order valence-electron chi connectivity index (χ0n) is 13.0. The maximum Gasteiger partial charge on any atom is 0.322 e. The van der Waals surface area contributed by atoms with Crippen LogP contribution in [0.1, 0.15) is 11.1 Å². The van der Waals surface area contributed by atoms with E-state index in [-0.39, 0.29) is 18.3 Å². The SMILES string of the molecule is COc1ccc(CC(=O)Nc2nnc(-c3ccc(Br)s3)o2)cc1C.